The van der Waals surface area contributed by atoms with Gasteiger partial charge < -0.3 is 5.32 Å². The average molecular weight is 308 g/mol. The number of carbonyl (C=O) groups excluding carboxylic acids is 1. The van der Waals surface area contributed by atoms with Crippen LogP contribution in [-0.2, 0) is 7.05 Å². The molecule has 94 valence electrons. The van der Waals surface area contributed by atoms with E-state index in [4.69, 9.17) is 0 Å². The second-order valence-corrected chi connectivity index (χ2v) is 5.10. The highest BCUT2D eigenvalue weighted by Gasteiger charge is 2.13. The molecule has 0 aliphatic rings. The van der Waals surface area contributed by atoms with Crippen LogP contribution in [0.5, 0.6) is 0 Å². The third kappa shape index (κ3) is 2.46. The quantitative estimate of drug-likeness (QED) is 0.927. The Morgan fingerprint density at radius 1 is 1.39 bits per heavy atom. The number of halogens is 1. The molecule has 0 unspecified atom stereocenters. The van der Waals surface area contributed by atoms with Crippen LogP contribution in [0.2, 0.25) is 0 Å². The van der Waals surface area contributed by atoms with Crippen LogP contribution in [-0.4, -0.2) is 15.7 Å². The summed E-state index contributed by atoms with van der Waals surface area (Å²) >= 11 is 3.39. The van der Waals surface area contributed by atoms with E-state index < -0.39 is 0 Å². The third-order valence-electron chi connectivity index (χ3n) is 2.93. The fraction of sp³-hybridized carbons (Fsp3) is 0.231. The minimum Gasteiger partial charge on any atom is -0.322 e. The number of aromatic nitrogens is 2. The standard InChI is InChI=1S/C13H14BrN3O/c1-8-4-5-10(14)6-12(8)16-13(18)11-7-15-17(3)9(11)2/h4-7H,1-3H3,(H,16,18). The molecule has 1 amide bonds. The van der Waals surface area contributed by atoms with Crippen molar-refractivity contribution in [1.29, 1.82) is 0 Å². The van der Waals surface area contributed by atoms with Crippen molar-refractivity contribution < 1.29 is 4.79 Å². The lowest BCUT2D eigenvalue weighted by Crippen LogP contribution is -2.13. The molecule has 0 radical (unpaired) electrons. The van der Waals surface area contributed by atoms with Gasteiger partial charge in [0.2, 0.25) is 0 Å². The van der Waals surface area contributed by atoms with Crippen molar-refractivity contribution in [2.75, 3.05) is 5.32 Å². The first-order valence-corrected chi connectivity index (χ1v) is 6.34. The van der Waals surface area contributed by atoms with Crippen molar-refractivity contribution in [2.24, 2.45) is 7.05 Å². The number of benzene rings is 1. The lowest BCUT2D eigenvalue weighted by Gasteiger charge is -2.08. The van der Waals surface area contributed by atoms with Crippen LogP contribution in [0.15, 0.2) is 28.9 Å². The van der Waals surface area contributed by atoms with Gasteiger partial charge in [-0.3, -0.25) is 9.48 Å². The Kier molecular flexibility index (Phi) is 3.52. The Balaban J connectivity index is 2.27. The molecule has 0 bridgehead atoms. The van der Waals surface area contributed by atoms with Gasteiger partial charge in [-0.15, -0.1) is 0 Å². The lowest BCUT2D eigenvalue weighted by atomic mass is 10.2. The van der Waals surface area contributed by atoms with Gasteiger partial charge in [0.25, 0.3) is 5.91 Å². The highest BCUT2D eigenvalue weighted by molar-refractivity contribution is 9.10. The molecule has 0 fully saturated rings. The van der Waals surface area contributed by atoms with Gasteiger partial charge in [0.05, 0.1) is 11.8 Å². The zero-order chi connectivity index (χ0) is 13.3. The third-order valence-corrected chi connectivity index (χ3v) is 3.42. The van der Waals surface area contributed by atoms with Crippen molar-refractivity contribution in [3.05, 3.63) is 45.7 Å². The molecule has 0 saturated heterocycles. The summed E-state index contributed by atoms with van der Waals surface area (Å²) in [5.74, 6) is -0.137. The van der Waals surface area contributed by atoms with Gasteiger partial charge in [0.15, 0.2) is 0 Å². The van der Waals surface area contributed by atoms with Crippen molar-refractivity contribution in [1.82, 2.24) is 9.78 Å². The fourth-order valence-electron chi connectivity index (χ4n) is 1.64. The van der Waals surface area contributed by atoms with E-state index in [-0.39, 0.29) is 5.91 Å². The number of aryl methyl sites for hydroxylation is 2. The number of hydrogen-bond donors (Lipinski definition) is 1. The van der Waals surface area contributed by atoms with Crippen molar-refractivity contribution in [3.63, 3.8) is 0 Å². The summed E-state index contributed by atoms with van der Waals surface area (Å²) in [7, 11) is 1.82. The molecule has 18 heavy (non-hydrogen) atoms. The number of nitrogens with zero attached hydrogens (tertiary/aromatic N) is 2. The van der Waals surface area contributed by atoms with E-state index in [2.05, 4.69) is 26.3 Å². The van der Waals surface area contributed by atoms with Crippen molar-refractivity contribution in [3.8, 4) is 0 Å². The maximum absolute atomic E-state index is 12.1. The molecule has 4 nitrogen and oxygen atoms in total. The van der Waals surface area contributed by atoms with E-state index in [1.165, 1.54) is 0 Å². The van der Waals surface area contributed by atoms with Gasteiger partial charge in [-0.2, -0.15) is 5.10 Å². The van der Waals surface area contributed by atoms with Crippen LogP contribution in [0.3, 0.4) is 0 Å². The molecule has 0 atom stereocenters. The molecule has 2 aromatic rings. The summed E-state index contributed by atoms with van der Waals surface area (Å²) in [5.41, 5.74) is 3.27. The van der Waals surface area contributed by atoms with Gasteiger partial charge in [-0.25, -0.2) is 0 Å². The van der Waals surface area contributed by atoms with E-state index in [0.717, 1.165) is 21.4 Å². The van der Waals surface area contributed by atoms with Crippen LogP contribution in [0.1, 0.15) is 21.6 Å². The second-order valence-electron chi connectivity index (χ2n) is 4.18. The molecular formula is C13H14BrN3O. The highest BCUT2D eigenvalue weighted by atomic mass is 79.9. The first kappa shape index (κ1) is 12.8. The number of carbonyl (C=O) groups is 1. The molecule has 2 rings (SSSR count). The van der Waals surface area contributed by atoms with Crippen molar-refractivity contribution >= 4 is 27.5 Å². The topological polar surface area (TPSA) is 46.9 Å². The first-order chi connectivity index (χ1) is 8.49. The summed E-state index contributed by atoms with van der Waals surface area (Å²) in [4.78, 5) is 12.1. The molecule has 1 heterocycles. The summed E-state index contributed by atoms with van der Waals surface area (Å²) in [6.45, 7) is 3.83. The predicted molar refractivity (Wildman–Crippen MR) is 74.8 cm³/mol. The Hall–Kier alpha value is -1.62. The smallest absolute Gasteiger partial charge is 0.259 e. The fourth-order valence-corrected chi connectivity index (χ4v) is 2.00. The van der Waals surface area contributed by atoms with Crippen LogP contribution in [0.4, 0.5) is 5.69 Å². The summed E-state index contributed by atoms with van der Waals surface area (Å²) < 4.78 is 2.62. The largest absolute Gasteiger partial charge is 0.322 e. The van der Waals surface area contributed by atoms with Gasteiger partial charge in [-0.1, -0.05) is 22.0 Å². The van der Waals surface area contributed by atoms with Gasteiger partial charge in [0, 0.05) is 22.9 Å². The zero-order valence-corrected chi connectivity index (χ0v) is 12.1. The molecule has 1 aromatic heterocycles. The van der Waals surface area contributed by atoms with E-state index in [9.17, 15) is 4.79 Å². The van der Waals surface area contributed by atoms with E-state index in [1.54, 1.807) is 10.9 Å². The number of anilines is 1. The van der Waals surface area contributed by atoms with Gasteiger partial charge >= 0.3 is 0 Å². The molecule has 0 aliphatic heterocycles. The van der Waals surface area contributed by atoms with Crippen LogP contribution >= 0.6 is 15.9 Å². The minimum absolute atomic E-state index is 0.137. The monoisotopic (exact) mass is 307 g/mol. The second kappa shape index (κ2) is 4.94. The average Bonchev–Trinajstić information content (AvgIpc) is 2.65. The highest BCUT2D eigenvalue weighted by Crippen LogP contribution is 2.21. The van der Waals surface area contributed by atoms with E-state index in [0.29, 0.717) is 5.56 Å². The van der Waals surface area contributed by atoms with E-state index in [1.807, 2.05) is 39.1 Å². The molecular weight excluding hydrogens is 294 g/mol. The molecule has 0 saturated carbocycles. The number of rotatable bonds is 2. The van der Waals surface area contributed by atoms with Crippen LogP contribution < -0.4 is 5.32 Å². The number of nitrogens with one attached hydrogen (secondary N) is 1. The maximum atomic E-state index is 12.1. The minimum atomic E-state index is -0.137. The summed E-state index contributed by atoms with van der Waals surface area (Å²) in [5, 5.41) is 6.96. The van der Waals surface area contributed by atoms with Gasteiger partial charge in [0.1, 0.15) is 0 Å². The summed E-state index contributed by atoms with van der Waals surface area (Å²) in [6.07, 6.45) is 1.58. The zero-order valence-electron chi connectivity index (χ0n) is 10.5. The molecule has 1 aromatic carbocycles. The Morgan fingerprint density at radius 3 is 2.72 bits per heavy atom. The Morgan fingerprint density at radius 2 is 2.11 bits per heavy atom. The summed E-state index contributed by atoms with van der Waals surface area (Å²) in [6, 6.07) is 5.79. The van der Waals surface area contributed by atoms with Gasteiger partial charge in [-0.05, 0) is 31.5 Å². The maximum Gasteiger partial charge on any atom is 0.259 e. The SMILES string of the molecule is Cc1ccc(Br)cc1NC(=O)c1cnn(C)c1C. The molecule has 0 aliphatic carbocycles. The number of hydrogen-bond acceptors (Lipinski definition) is 2. The lowest BCUT2D eigenvalue weighted by molar-refractivity contribution is 0.102. The van der Waals surface area contributed by atoms with Crippen LogP contribution in [0, 0.1) is 13.8 Å². The molecule has 0 spiro atoms. The predicted octanol–water partition coefficient (Wildman–Crippen LogP) is 3.05. The van der Waals surface area contributed by atoms with Crippen LogP contribution in [0.25, 0.3) is 0 Å². The first-order valence-electron chi connectivity index (χ1n) is 5.55. The van der Waals surface area contributed by atoms with Crippen molar-refractivity contribution in [2.45, 2.75) is 13.8 Å². The molecule has 1 N–H and O–H groups in total. The Labute approximate surface area is 114 Å². The number of amides is 1. The Bertz CT molecular complexity index is 604. The normalized spacial score (nSPS) is 10.4. The van der Waals surface area contributed by atoms with E-state index >= 15 is 0 Å². The molecule has 5 heteroatoms.